The zero-order valence-corrected chi connectivity index (χ0v) is 12.3. The van der Waals surface area contributed by atoms with Crippen LogP contribution in [0.15, 0.2) is 16.7 Å². The number of anilines is 1. The van der Waals surface area contributed by atoms with Crippen LogP contribution in [0.3, 0.4) is 0 Å². The highest BCUT2D eigenvalue weighted by atomic mass is 79.9. The van der Waals surface area contributed by atoms with Gasteiger partial charge in [-0.2, -0.15) is 0 Å². The van der Waals surface area contributed by atoms with Crippen molar-refractivity contribution in [3.63, 3.8) is 0 Å². The Hall–Kier alpha value is -0.940. The van der Waals surface area contributed by atoms with E-state index in [4.69, 9.17) is 0 Å². The molecule has 0 bridgehead atoms. The number of halogens is 1. The molecule has 0 saturated carbocycles. The molecule has 0 aliphatic carbocycles. The Morgan fingerprint density at radius 2 is 2.39 bits per heavy atom. The lowest BCUT2D eigenvalue weighted by molar-refractivity contribution is -0.119. The van der Waals surface area contributed by atoms with E-state index in [9.17, 15) is 4.79 Å². The second kappa shape index (κ2) is 5.80. The summed E-state index contributed by atoms with van der Waals surface area (Å²) >= 11 is 3.36. The molecule has 1 amide bonds. The van der Waals surface area contributed by atoms with Crippen molar-refractivity contribution in [2.24, 2.45) is 5.92 Å². The van der Waals surface area contributed by atoms with E-state index < -0.39 is 0 Å². The van der Waals surface area contributed by atoms with Gasteiger partial charge in [-0.05, 0) is 59.8 Å². The van der Waals surface area contributed by atoms with Crippen molar-refractivity contribution >= 4 is 27.7 Å². The molecule has 2 heterocycles. The number of piperidine rings is 1. The fourth-order valence-corrected chi connectivity index (χ4v) is 2.71. The van der Waals surface area contributed by atoms with Gasteiger partial charge in [-0.25, -0.2) is 4.98 Å². The average Bonchev–Trinajstić information content (AvgIpc) is 2.33. The summed E-state index contributed by atoms with van der Waals surface area (Å²) in [5.41, 5.74) is 0.959. The molecule has 0 spiro atoms. The van der Waals surface area contributed by atoms with Crippen molar-refractivity contribution in [1.29, 1.82) is 0 Å². The average molecular weight is 312 g/mol. The second-order valence-electron chi connectivity index (χ2n) is 4.86. The van der Waals surface area contributed by atoms with Crippen molar-refractivity contribution in [2.45, 2.75) is 32.7 Å². The monoisotopic (exact) mass is 311 g/mol. The molecule has 2 atom stereocenters. The lowest BCUT2D eigenvalue weighted by Crippen LogP contribution is -2.48. The van der Waals surface area contributed by atoms with Gasteiger partial charge in [0.15, 0.2) is 0 Å². The molecule has 1 fully saturated rings. The largest absolute Gasteiger partial charge is 0.309 e. The van der Waals surface area contributed by atoms with E-state index in [0.29, 0.717) is 11.7 Å². The number of nitrogens with zero attached hydrogens (tertiary/aromatic N) is 1. The highest BCUT2D eigenvalue weighted by Gasteiger charge is 2.27. The minimum absolute atomic E-state index is 0.0140. The van der Waals surface area contributed by atoms with Gasteiger partial charge in [0.05, 0.1) is 6.04 Å². The molecule has 0 radical (unpaired) electrons. The highest BCUT2D eigenvalue weighted by molar-refractivity contribution is 9.10. The van der Waals surface area contributed by atoms with Gasteiger partial charge in [0.2, 0.25) is 5.91 Å². The topological polar surface area (TPSA) is 54.0 Å². The fraction of sp³-hybridized carbons (Fsp3) is 0.538. The van der Waals surface area contributed by atoms with Gasteiger partial charge in [0.1, 0.15) is 5.82 Å². The molecule has 2 rings (SSSR count). The number of hydrogen-bond donors (Lipinski definition) is 2. The van der Waals surface area contributed by atoms with Gasteiger partial charge < -0.3 is 10.6 Å². The first-order valence-corrected chi connectivity index (χ1v) is 7.03. The van der Waals surface area contributed by atoms with Gasteiger partial charge in [0, 0.05) is 10.7 Å². The van der Waals surface area contributed by atoms with Crippen LogP contribution in [0.1, 0.15) is 25.3 Å². The molecule has 2 N–H and O–H groups in total. The molecule has 18 heavy (non-hydrogen) atoms. The van der Waals surface area contributed by atoms with Crippen molar-refractivity contribution in [3.05, 3.63) is 22.3 Å². The number of rotatable bonds is 2. The molecule has 1 aliphatic rings. The van der Waals surface area contributed by atoms with E-state index in [1.807, 2.05) is 13.0 Å². The van der Waals surface area contributed by atoms with Crippen LogP contribution < -0.4 is 10.6 Å². The molecule has 1 aliphatic heterocycles. The van der Waals surface area contributed by atoms with E-state index in [1.165, 1.54) is 0 Å². The van der Waals surface area contributed by atoms with Crippen molar-refractivity contribution in [3.8, 4) is 0 Å². The Bertz CT molecular complexity index is 450. The van der Waals surface area contributed by atoms with E-state index in [-0.39, 0.29) is 11.9 Å². The molecule has 5 heteroatoms. The predicted octanol–water partition coefficient (Wildman–Crippen LogP) is 2.48. The minimum Gasteiger partial charge on any atom is -0.309 e. The second-order valence-corrected chi connectivity index (χ2v) is 5.78. The zero-order chi connectivity index (χ0) is 13.1. The van der Waals surface area contributed by atoms with Gasteiger partial charge in [-0.1, -0.05) is 6.92 Å². The first-order valence-electron chi connectivity index (χ1n) is 6.24. The molecule has 0 aromatic carbocycles. The summed E-state index contributed by atoms with van der Waals surface area (Å²) < 4.78 is 0.919. The van der Waals surface area contributed by atoms with Crippen LogP contribution in [-0.4, -0.2) is 23.5 Å². The summed E-state index contributed by atoms with van der Waals surface area (Å²) in [4.78, 5) is 16.4. The molecule has 1 aromatic heterocycles. The van der Waals surface area contributed by atoms with Crippen LogP contribution in [0.2, 0.25) is 0 Å². The Morgan fingerprint density at radius 3 is 3.06 bits per heavy atom. The number of pyridine rings is 1. The molecular formula is C13H18BrN3O. The smallest absolute Gasteiger partial charge is 0.242 e. The third-order valence-electron chi connectivity index (χ3n) is 3.34. The fourth-order valence-electron chi connectivity index (χ4n) is 2.27. The Kier molecular flexibility index (Phi) is 4.35. The zero-order valence-electron chi connectivity index (χ0n) is 10.7. The maximum absolute atomic E-state index is 12.2. The third kappa shape index (κ3) is 3.09. The van der Waals surface area contributed by atoms with Gasteiger partial charge in [-0.15, -0.1) is 0 Å². The molecule has 98 valence electrons. The van der Waals surface area contributed by atoms with Crippen molar-refractivity contribution in [1.82, 2.24) is 10.3 Å². The maximum atomic E-state index is 12.2. The molecule has 2 unspecified atom stereocenters. The van der Waals surface area contributed by atoms with Crippen LogP contribution in [0.5, 0.6) is 0 Å². The van der Waals surface area contributed by atoms with Gasteiger partial charge in [0.25, 0.3) is 0 Å². The number of amides is 1. The number of nitrogens with one attached hydrogen (secondary N) is 2. The summed E-state index contributed by atoms with van der Waals surface area (Å²) in [5.74, 6) is 1.03. The van der Waals surface area contributed by atoms with Gasteiger partial charge >= 0.3 is 0 Å². The number of hydrogen-bond acceptors (Lipinski definition) is 3. The van der Waals surface area contributed by atoms with E-state index in [0.717, 1.165) is 29.4 Å². The normalized spacial score (nSPS) is 23.7. The van der Waals surface area contributed by atoms with Crippen LogP contribution in [-0.2, 0) is 4.79 Å². The number of carbonyl (C=O) groups excluding carboxylic acids is 1. The summed E-state index contributed by atoms with van der Waals surface area (Å²) in [6.45, 7) is 4.96. The first kappa shape index (κ1) is 13.5. The highest BCUT2D eigenvalue weighted by Crippen LogP contribution is 2.20. The molecular weight excluding hydrogens is 294 g/mol. The van der Waals surface area contributed by atoms with E-state index >= 15 is 0 Å². The van der Waals surface area contributed by atoms with Crippen LogP contribution in [0.4, 0.5) is 5.82 Å². The van der Waals surface area contributed by atoms with E-state index in [1.54, 1.807) is 6.20 Å². The number of carbonyl (C=O) groups is 1. The molecule has 1 aromatic rings. The number of aromatic nitrogens is 1. The summed E-state index contributed by atoms with van der Waals surface area (Å²) in [5, 5.41) is 6.17. The Morgan fingerprint density at radius 1 is 1.61 bits per heavy atom. The third-order valence-corrected chi connectivity index (χ3v) is 3.77. The SMILES string of the molecule is Cc1cc(Br)cnc1NC(=O)C1NCCCC1C. The Labute approximate surface area is 116 Å². The van der Waals surface area contributed by atoms with Crippen LogP contribution in [0, 0.1) is 12.8 Å². The standard InChI is InChI=1S/C13H18BrN3O/c1-8-4-3-5-15-11(8)13(18)17-12-9(2)6-10(14)7-16-12/h6-8,11,15H,3-5H2,1-2H3,(H,16,17,18). The molecule has 4 nitrogen and oxygen atoms in total. The lowest BCUT2D eigenvalue weighted by Gasteiger charge is -2.28. The van der Waals surface area contributed by atoms with Crippen molar-refractivity contribution < 1.29 is 4.79 Å². The summed E-state index contributed by atoms with van der Waals surface area (Å²) in [6.07, 6.45) is 3.93. The van der Waals surface area contributed by atoms with Crippen LogP contribution in [0.25, 0.3) is 0 Å². The summed E-state index contributed by atoms with van der Waals surface area (Å²) in [7, 11) is 0. The predicted molar refractivity (Wildman–Crippen MR) is 75.5 cm³/mol. The summed E-state index contributed by atoms with van der Waals surface area (Å²) in [6, 6.07) is 1.84. The number of aryl methyl sites for hydroxylation is 1. The quantitative estimate of drug-likeness (QED) is 0.882. The lowest BCUT2D eigenvalue weighted by atomic mass is 9.92. The van der Waals surface area contributed by atoms with E-state index in [2.05, 4.69) is 38.5 Å². The molecule has 1 saturated heterocycles. The van der Waals surface area contributed by atoms with Crippen LogP contribution >= 0.6 is 15.9 Å². The minimum atomic E-state index is -0.108. The maximum Gasteiger partial charge on any atom is 0.242 e. The Balaban J connectivity index is 2.06. The van der Waals surface area contributed by atoms with Crippen molar-refractivity contribution in [2.75, 3.05) is 11.9 Å². The first-order chi connectivity index (χ1) is 8.58. The van der Waals surface area contributed by atoms with Gasteiger partial charge in [-0.3, -0.25) is 4.79 Å².